The predicted octanol–water partition coefficient (Wildman–Crippen LogP) is 2.93. The molecule has 0 unspecified atom stereocenters. The molecule has 2 aromatic rings. The molecule has 0 aromatic carbocycles. The summed E-state index contributed by atoms with van der Waals surface area (Å²) in [6, 6.07) is -2.69. The number of unbranched alkanes of at least 4 members (excludes halogenated alkanes) is 1. The number of primary amides is 1. The van der Waals surface area contributed by atoms with Gasteiger partial charge in [-0.25, -0.2) is 9.78 Å². The number of nitrogens with two attached hydrogens (primary N) is 2. The van der Waals surface area contributed by atoms with Gasteiger partial charge < -0.3 is 61.6 Å². The van der Waals surface area contributed by atoms with Crippen molar-refractivity contribution in [2.75, 3.05) is 65.0 Å². The summed E-state index contributed by atoms with van der Waals surface area (Å²) in [6.07, 6.45) is 6.72. The average Bonchev–Trinajstić information content (AvgIpc) is 3.64. The zero-order chi connectivity index (χ0) is 48.3. The van der Waals surface area contributed by atoms with E-state index in [1.165, 1.54) is 0 Å². The first-order chi connectivity index (χ1) is 31.7. The number of anilines is 1. The molecule has 2 atom stereocenters. The maximum absolute atomic E-state index is 13.8. The van der Waals surface area contributed by atoms with Crippen LogP contribution in [0.25, 0.3) is 21.5 Å². The molecule has 1 aliphatic rings. The van der Waals surface area contributed by atoms with Crippen molar-refractivity contribution in [1.82, 2.24) is 46.3 Å². The number of azide groups is 1. The second-order valence-corrected chi connectivity index (χ2v) is 17.0. The van der Waals surface area contributed by atoms with Crippen LogP contribution in [0.4, 0.5) is 10.6 Å². The van der Waals surface area contributed by atoms with Crippen LogP contribution in [0.2, 0.25) is 0 Å². The van der Waals surface area contributed by atoms with E-state index in [1.54, 1.807) is 13.8 Å². The van der Waals surface area contributed by atoms with Gasteiger partial charge in [-0.3, -0.25) is 19.2 Å². The molecule has 9 N–H and O–H groups in total. The Balaban J connectivity index is 1.49. The van der Waals surface area contributed by atoms with Crippen LogP contribution in [0.15, 0.2) is 5.11 Å². The van der Waals surface area contributed by atoms with Gasteiger partial charge in [-0.1, -0.05) is 32.3 Å². The Morgan fingerprint density at radius 3 is 2.18 bits per heavy atom. The van der Waals surface area contributed by atoms with E-state index in [0.717, 1.165) is 56.3 Å². The van der Waals surface area contributed by atoms with Gasteiger partial charge in [0.15, 0.2) is 5.82 Å². The second kappa shape index (κ2) is 30.6. The molecule has 23 nitrogen and oxygen atoms in total. The number of hydrogen-bond donors (Lipinski definition) is 7. The van der Waals surface area contributed by atoms with Crippen molar-refractivity contribution in [1.29, 1.82) is 0 Å². The van der Waals surface area contributed by atoms with Gasteiger partial charge in [-0.15, -0.1) is 10.2 Å². The van der Waals surface area contributed by atoms with Gasteiger partial charge in [0, 0.05) is 56.4 Å². The van der Waals surface area contributed by atoms with Gasteiger partial charge in [0.25, 0.3) is 5.88 Å². The smallest absolute Gasteiger partial charge is 0.312 e. The molecule has 2 heterocycles. The van der Waals surface area contributed by atoms with Crippen LogP contribution in [0, 0.1) is 11.8 Å². The van der Waals surface area contributed by atoms with E-state index in [1.807, 2.05) is 13.8 Å². The first-order valence-electron chi connectivity index (χ1n) is 23.4. The number of urea groups is 1. The number of aryl methyl sites for hydroxylation is 1. The van der Waals surface area contributed by atoms with Crippen LogP contribution in [-0.4, -0.2) is 133 Å². The van der Waals surface area contributed by atoms with E-state index >= 15 is 0 Å². The third-order valence-corrected chi connectivity index (χ3v) is 10.9. The van der Waals surface area contributed by atoms with Crippen LogP contribution >= 0.6 is 0 Å². The molecule has 0 saturated heterocycles. The fraction of sp³-hybridized carbons (Fsp3) is 0.767. The van der Waals surface area contributed by atoms with Gasteiger partial charge in [0.1, 0.15) is 28.9 Å². The first-order valence-corrected chi connectivity index (χ1v) is 23.4. The molecule has 0 radical (unpaired) electrons. The number of aromatic nitrogens is 4. The van der Waals surface area contributed by atoms with Gasteiger partial charge >= 0.3 is 6.03 Å². The molecule has 1 fully saturated rings. The topological polar surface area (TPSA) is 327 Å². The summed E-state index contributed by atoms with van der Waals surface area (Å²) in [5.74, 6) is 0.0628. The number of rotatable bonds is 33. The summed E-state index contributed by atoms with van der Waals surface area (Å²) in [5.41, 5.74) is 21.1. The van der Waals surface area contributed by atoms with E-state index in [0.29, 0.717) is 70.5 Å². The molecular formula is C43H74N14O9. The fourth-order valence-corrected chi connectivity index (χ4v) is 7.44. The average molecular weight is 931 g/mol. The maximum atomic E-state index is 13.8. The Morgan fingerprint density at radius 2 is 1.53 bits per heavy atom. The lowest BCUT2D eigenvalue weighted by molar-refractivity contribution is -0.133. The molecule has 23 heteroatoms. The summed E-state index contributed by atoms with van der Waals surface area (Å²) < 4.78 is 24.3. The van der Waals surface area contributed by atoms with Crippen molar-refractivity contribution in [3.63, 3.8) is 0 Å². The summed E-state index contributed by atoms with van der Waals surface area (Å²) in [4.78, 5) is 71.7. The molecule has 1 aliphatic carbocycles. The Kier molecular flexibility index (Phi) is 25.5. The number of imidazole rings is 1. The van der Waals surface area contributed by atoms with Gasteiger partial charge in [0.05, 0.1) is 45.7 Å². The normalized spacial score (nSPS) is 15.7. The third-order valence-electron chi connectivity index (χ3n) is 10.9. The quantitative estimate of drug-likeness (QED) is 0.0235. The number of fused-ring (bicyclic) bond motifs is 1. The SMILES string of the molecule is CCCCc1nc2c(N)nnc(OC(C)C)c2n1CC1CCC(NC(=O)[C@H](CCCNC(N)=O)NC(=O)[C@@H](NC(=O)CCCC(=O)NCCOCCOCCOCCN=[N+]=[N-])C(C)C)CC1. The number of ether oxygens (including phenoxy) is 4. The van der Waals surface area contributed by atoms with E-state index in [9.17, 15) is 24.0 Å². The number of carbonyl (C=O) groups is 5. The van der Waals surface area contributed by atoms with Crippen molar-refractivity contribution in [2.24, 2.45) is 22.7 Å². The van der Waals surface area contributed by atoms with Gasteiger partial charge in [-0.05, 0) is 82.6 Å². The molecule has 3 rings (SSSR count). The van der Waals surface area contributed by atoms with Crippen LogP contribution in [0.1, 0.15) is 111 Å². The summed E-state index contributed by atoms with van der Waals surface area (Å²) >= 11 is 0. The number of nitrogens with one attached hydrogen (secondary N) is 5. The fourth-order valence-electron chi connectivity index (χ4n) is 7.44. The first kappa shape index (κ1) is 54.8. The Bertz CT molecular complexity index is 1870. The molecule has 2 aromatic heterocycles. The number of nitrogen functional groups attached to an aromatic ring is 1. The molecule has 6 amide bonds. The molecule has 66 heavy (non-hydrogen) atoms. The molecule has 0 spiro atoms. The van der Waals surface area contributed by atoms with Crippen molar-refractivity contribution in [2.45, 2.75) is 142 Å². The zero-order valence-corrected chi connectivity index (χ0v) is 39.5. The standard InChI is InChI=1S/C43H74N14O9/c1-6-7-11-33-52-37-38(42(66-29(4)5)55-54-39(37)44)57(33)27-30-14-16-31(17-15-30)50-40(60)32(10-9-18-48-43(45)62)51-41(61)36(28(2)3)53-35(59)13-8-12-34(58)47-19-21-63-23-25-65-26-24-64-22-20-49-56-46/h28-32,36H,6-27H2,1-5H3,(H2,44,54)(H,47,58)(H,50,60)(H,51,61)(H,53,59)(H3,45,48,62)/t30?,31?,32-,36-/m0/s1. The van der Waals surface area contributed by atoms with Crippen molar-refractivity contribution in [3.05, 3.63) is 16.3 Å². The van der Waals surface area contributed by atoms with E-state index < -0.39 is 29.9 Å². The van der Waals surface area contributed by atoms with E-state index in [-0.39, 0.29) is 80.4 Å². The Hall–Kier alpha value is -5.51. The summed E-state index contributed by atoms with van der Waals surface area (Å²) in [7, 11) is 0. The van der Waals surface area contributed by atoms with Crippen LogP contribution in [0.3, 0.4) is 0 Å². The van der Waals surface area contributed by atoms with E-state index in [4.69, 9.17) is 40.9 Å². The summed E-state index contributed by atoms with van der Waals surface area (Å²) in [5, 5.41) is 25.8. The summed E-state index contributed by atoms with van der Waals surface area (Å²) in [6.45, 7) is 13.1. The lowest BCUT2D eigenvalue weighted by atomic mass is 9.85. The third kappa shape index (κ3) is 20.3. The zero-order valence-electron chi connectivity index (χ0n) is 39.5. The molecular weight excluding hydrogens is 857 g/mol. The largest absolute Gasteiger partial charge is 0.472 e. The number of nitrogens with zero attached hydrogens (tertiary/aromatic N) is 7. The number of hydrogen-bond acceptors (Lipinski definition) is 14. The molecule has 0 bridgehead atoms. The minimum atomic E-state index is -0.937. The Morgan fingerprint density at radius 1 is 0.848 bits per heavy atom. The monoisotopic (exact) mass is 931 g/mol. The molecule has 1 saturated carbocycles. The highest BCUT2D eigenvalue weighted by Gasteiger charge is 2.31. The van der Waals surface area contributed by atoms with Crippen molar-refractivity contribution >= 4 is 46.5 Å². The molecule has 0 aliphatic heterocycles. The minimum absolute atomic E-state index is 0.0184. The van der Waals surface area contributed by atoms with Crippen LogP contribution in [-0.2, 0) is 46.4 Å². The van der Waals surface area contributed by atoms with Gasteiger partial charge in [0.2, 0.25) is 23.6 Å². The molecule has 370 valence electrons. The highest BCUT2D eigenvalue weighted by Crippen LogP contribution is 2.33. The van der Waals surface area contributed by atoms with E-state index in [2.05, 4.69) is 58.3 Å². The second-order valence-electron chi connectivity index (χ2n) is 17.0. The van der Waals surface area contributed by atoms with Crippen LogP contribution < -0.4 is 42.8 Å². The Labute approximate surface area is 387 Å². The van der Waals surface area contributed by atoms with Gasteiger partial charge in [-0.2, -0.15) is 0 Å². The lowest BCUT2D eigenvalue weighted by Gasteiger charge is -2.31. The maximum Gasteiger partial charge on any atom is 0.312 e. The van der Waals surface area contributed by atoms with Crippen LogP contribution in [0.5, 0.6) is 5.88 Å². The highest BCUT2D eigenvalue weighted by molar-refractivity contribution is 5.92. The van der Waals surface area contributed by atoms with Crippen molar-refractivity contribution in [3.8, 4) is 5.88 Å². The van der Waals surface area contributed by atoms with Crippen molar-refractivity contribution < 1.29 is 42.9 Å². The highest BCUT2D eigenvalue weighted by atomic mass is 16.5. The minimum Gasteiger partial charge on any atom is -0.472 e. The number of carbonyl (C=O) groups excluding carboxylic acids is 5. The number of amides is 6. The lowest BCUT2D eigenvalue weighted by Crippen LogP contribution is -2.56. The predicted molar refractivity (Wildman–Crippen MR) is 247 cm³/mol.